The molecule has 23 heavy (non-hydrogen) atoms. The number of hydrogen-bond acceptors (Lipinski definition) is 2. The number of benzene rings is 3. The first-order chi connectivity index (χ1) is 11.2. The normalized spacial score (nSPS) is 12.3. The van der Waals surface area contributed by atoms with Crippen LogP contribution >= 0.6 is 41.2 Å². The second-order valence-electron chi connectivity index (χ2n) is 5.40. The van der Waals surface area contributed by atoms with E-state index in [-0.39, 0.29) is 17.2 Å². The number of fused-ring (bicyclic) bond motifs is 6. The van der Waals surface area contributed by atoms with Gasteiger partial charge in [0.15, 0.2) is 0 Å². The van der Waals surface area contributed by atoms with Gasteiger partial charge in [0, 0.05) is 0 Å². The van der Waals surface area contributed by atoms with Gasteiger partial charge in [0.1, 0.15) is 0 Å². The Balaban J connectivity index is 1.95. The monoisotopic (exact) mass is 637 g/mol. The van der Waals surface area contributed by atoms with Crippen LogP contribution in [0.15, 0.2) is 57.4 Å². The number of hydrogen-bond donors (Lipinski definition) is 0. The van der Waals surface area contributed by atoms with Gasteiger partial charge in [-0.3, -0.25) is 0 Å². The van der Waals surface area contributed by atoms with Gasteiger partial charge in [0.2, 0.25) is 0 Å². The molecule has 3 aromatic carbocycles. The van der Waals surface area contributed by atoms with Crippen LogP contribution in [0.3, 0.4) is 0 Å². The van der Waals surface area contributed by atoms with Crippen molar-refractivity contribution in [2.24, 2.45) is 0 Å². The molecule has 0 amide bonds. The standard InChI is InChI=1S/C18H8I3O2/c19-9-1-3-15-11(5-9)13-7-14-12-6-10(21-20)2-4-16(12)23-18(14)8-17(13)22-15/h1-8H/q-1. The van der Waals surface area contributed by atoms with Crippen molar-refractivity contribution in [2.75, 3.05) is 0 Å². The second kappa shape index (κ2) is 5.48. The summed E-state index contributed by atoms with van der Waals surface area (Å²) in [5.74, 6) is 0. The Kier molecular flexibility index (Phi) is 3.52. The third-order valence-electron chi connectivity index (χ3n) is 4.07. The summed E-state index contributed by atoms with van der Waals surface area (Å²) in [6.07, 6.45) is 0. The molecule has 0 fully saturated rings. The van der Waals surface area contributed by atoms with E-state index in [0.717, 1.165) is 27.7 Å². The molecule has 0 aliphatic carbocycles. The molecule has 5 aromatic rings. The predicted molar refractivity (Wildman–Crippen MR) is 106 cm³/mol. The van der Waals surface area contributed by atoms with E-state index in [0.29, 0.717) is 0 Å². The van der Waals surface area contributed by atoms with Gasteiger partial charge in [-0.15, -0.1) is 0 Å². The predicted octanol–water partition coefficient (Wildman–Crippen LogP) is 3.70. The van der Waals surface area contributed by atoms with Gasteiger partial charge in [-0.25, -0.2) is 0 Å². The molecule has 0 aliphatic heterocycles. The summed E-state index contributed by atoms with van der Waals surface area (Å²) in [6.45, 7) is 0. The minimum atomic E-state index is 0.0468. The Morgan fingerprint density at radius 2 is 1.26 bits per heavy atom. The zero-order valence-corrected chi connectivity index (χ0v) is 18.0. The summed E-state index contributed by atoms with van der Waals surface area (Å²) >= 11 is 4.89. The van der Waals surface area contributed by atoms with E-state index in [9.17, 15) is 0 Å². The van der Waals surface area contributed by atoms with E-state index >= 15 is 0 Å². The first-order valence-electron chi connectivity index (χ1n) is 6.97. The Bertz CT molecular complexity index is 1220. The average Bonchev–Trinajstić information content (AvgIpc) is 3.09. The zero-order valence-electron chi connectivity index (χ0n) is 11.6. The van der Waals surface area contributed by atoms with E-state index in [1.165, 1.54) is 23.3 Å². The summed E-state index contributed by atoms with van der Waals surface area (Å²) in [5.41, 5.74) is 3.65. The Labute approximate surface area is 165 Å². The van der Waals surface area contributed by atoms with Gasteiger partial charge < -0.3 is 0 Å². The van der Waals surface area contributed by atoms with E-state index in [1.807, 2.05) is 12.1 Å². The quantitative estimate of drug-likeness (QED) is 0.263. The van der Waals surface area contributed by atoms with Crippen LogP contribution < -0.4 is 17.2 Å². The fourth-order valence-corrected chi connectivity index (χ4v) is 5.97. The van der Waals surface area contributed by atoms with Gasteiger partial charge in [0.05, 0.1) is 0 Å². The molecule has 5 rings (SSSR count). The maximum absolute atomic E-state index is 6.03. The Morgan fingerprint density at radius 1 is 0.652 bits per heavy atom. The number of furan rings is 2. The van der Waals surface area contributed by atoms with Crippen molar-refractivity contribution in [3.05, 3.63) is 55.7 Å². The summed E-state index contributed by atoms with van der Waals surface area (Å²) in [7, 11) is 0. The van der Waals surface area contributed by atoms with E-state index in [1.54, 1.807) is 0 Å². The van der Waals surface area contributed by atoms with Crippen molar-refractivity contribution in [1.29, 1.82) is 0 Å². The molecular weight excluding hydrogens is 629 g/mol. The summed E-state index contributed by atoms with van der Waals surface area (Å²) in [6, 6.07) is 17.1. The van der Waals surface area contributed by atoms with Crippen LogP contribution in [0.25, 0.3) is 43.9 Å². The Morgan fingerprint density at radius 3 is 1.96 bits per heavy atom. The summed E-state index contributed by atoms with van der Waals surface area (Å²) in [4.78, 5) is 0. The molecule has 0 N–H and O–H groups in total. The fourth-order valence-electron chi connectivity index (χ4n) is 3.04. The molecule has 2 nitrogen and oxygen atoms in total. The van der Waals surface area contributed by atoms with Gasteiger partial charge in [-0.05, 0) is 0 Å². The summed E-state index contributed by atoms with van der Waals surface area (Å²) in [5, 5.41) is 4.70. The molecule has 0 bridgehead atoms. The van der Waals surface area contributed by atoms with Crippen LogP contribution in [0.4, 0.5) is 0 Å². The van der Waals surface area contributed by atoms with Crippen LogP contribution in [0.1, 0.15) is 0 Å². The molecule has 0 aliphatic rings. The SMILES string of the molecule is I[I-]c1ccc2oc3cc4oc5ccc(I)cc5c4cc3c2c1. The average molecular weight is 637 g/mol. The number of rotatable bonds is 1. The van der Waals surface area contributed by atoms with Crippen molar-refractivity contribution in [3.63, 3.8) is 0 Å². The van der Waals surface area contributed by atoms with E-state index in [4.69, 9.17) is 8.83 Å². The van der Waals surface area contributed by atoms with Gasteiger partial charge >= 0.3 is 167 Å². The molecule has 0 radical (unpaired) electrons. The molecule has 0 unspecified atom stereocenters. The molecule has 2 heterocycles. The van der Waals surface area contributed by atoms with Crippen LogP contribution in [0.5, 0.6) is 0 Å². The second-order valence-corrected chi connectivity index (χ2v) is 11.0. The topological polar surface area (TPSA) is 26.3 Å². The van der Waals surface area contributed by atoms with E-state index in [2.05, 4.69) is 77.6 Å². The Hall–Kier alpha value is -0.550. The third kappa shape index (κ3) is 2.30. The van der Waals surface area contributed by atoms with Crippen molar-refractivity contribution in [2.45, 2.75) is 0 Å². The molecule has 114 valence electrons. The van der Waals surface area contributed by atoms with Crippen molar-refractivity contribution < 1.29 is 26.1 Å². The molecule has 0 spiro atoms. The minimum absolute atomic E-state index is 0.0468. The fraction of sp³-hybridized carbons (Fsp3) is 0. The summed E-state index contributed by atoms with van der Waals surface area (Å²) < 4.78 is 14.7. The van der Waals surface area contributed by atoms with Crippen LogP contribution in [-0.4, -0.2) is 0 Å². The third-order valence-corrected chi connectivity index (χ3v) is 9.04. The van der Waals surface area contributed by atoms with Gasteiger partial charge in [-0.2, -0.15) is 0 Å². The van der Waals surface area contributed by atoms with Crippen LogP contribution in [0.2, 0.25) is 0 Å². The van der Waals surface area contributed by atoms with Crippen LogP contribution in [-0.2, 0) is 0 Å². The van der Waals surface area contributed by atoms with Crippen molar-refractivity contribution >= 4 is 85.1 Å². The maximum atomic E-state index is 6.03. The van der Waals surface area contributed by atoms with Crippen LogP contribution in [0, 0.1) is 7.14 Å². The first-order valence-corrected chi connectivity index (χ1v) is 15.4. The molecule has 0 saturated carbocycles. The number of halogens is 3. The molecule has 2 aromatic heterocycles. The van der Waals surface area contributed by atoms with Crippen molar-refractivity contribution in [1.82, 2.24) is 0 Å². The van der Waals surface area contributed by atoms with Gasteiger partial charge in [-0.1, -0.05) is 0 Å². The van der Waals surface area contributed by atoms with Crippen molar-refractivity contribution in [3.8, 4) is 0 Å². The van der Waals surface area contributed by atoms with E-state index < -0.39 is 0 Å². The molecule has 0 atom stereocenters. The first kappa shape index (κ1) is 14.8. The molecule has 5 heteroatoms. The van der Waals surface area contributed by atoms with Gasteiger partial charge in [0.25, 0.3) is 0 Å². The molecule has 0 saturated heterocycles. The molecular formula is C18H8I3O2-. The zero-order chi connectivity index (χ0) is 15.6.